The second kappa shape index (κ2) is 6.29. The number of nitrogens with zero attached hydrogens (tertiary/aromatic N) is 2. The van der Waals surface area contributed by atoms with Crippen molar-refractivity contribution in [1.29, 1.82) is 0 Å². The summed E-state index contributed by atoms with van der Waals surface area (Å²) in [5, 5.41) is 6.05. The molecule has 0 radical (unpaired) electrons. The molecule has 0 amide bonds. The van der Waals surface area contributed by atoms with E-state index in [1.807, 2.05) is 0 Å². The van der Waals surface area contributed by atoms with Gasteiger partial charge in [0.15, 0.2) is 0 Å². The summed E-state index contributed by atoms with van der Waals surface area (Å²) in [7, 11) is 0. The van der Waals surface area contributed by atoms with Gasteiger partial charge in [0, 0.05) is 25.2 Å². The Kier molecular flexibility index (Phi) is 4.36. The molecule has 1 aliphatic carbocycles. The summed E-state index contributed by atoms with van der Waals surface area (Å²) in [6.07, 6.45) is -1.30. The minimum absolute atomic E-state index is 0.251. The predicted octanol–water partition coefficient (Wildman–Crippen LogP) is 1.75. The summed E-state index contributed by atoms with van der Waals surface area (Å²) < 4.78 is 45.6. The van der Waals surface area contributed by atoms with Crippen LogP contribution in [0.2, 0.25) is 0 Å². The van der Waals surface area contributed by atoms with Gasteiger partial charge in [0.1, 0.15) is 0 Å². The van der Waals surface area contributed by atoms with Crippen LogP contribution in [0, 0.1) is 0 Å². The average molecular weight is 327 g/mol. The van der Waals surface area contributed by atoms with E-state index in [9.17, 15) is 18.0 Å². The zero-order valence-corrected chi connectivity index (χ0v) is 12.3. The molecule has 2 aliphatic rings. The fourth-order valence-corrected chi connectivity index (χ4v) is 2.88. The topological polar surface area (TPSA) is 58.2 Å². The summed E-state index contributed by atoms with van der Waals surface area (Å²) in [6.45, 7) is 1.86. The first kappa shape index (κ1) is 15.9. The monoisotopic (exact) mass is 327 g/mol. The standard InChI is InChI=1S/C15H16F3N3O2/c16-15(17,18)11-9-10(12-2-4-14(22)20-19-12)1-3-13(11)21-5-7-23-8-6-21/h1-2,4,9,13H,3,5-8H2,(H,20,22). The molecule has 1 aromatic rings. The molecule has 1 N–H and O–H groups in total. The maximum atomic E-state index is 13.5. The Balaban J connectivity index is 1.91. The first-order chi connectivity index (χ1) is 10.9. The minimum atomic E-state index is -4.41. The molecule has 124 valence electrons. The summed E-state index contributed by atoms with van der Waals surface area (Å²) in [5.74, 6) is 0. The van der Waals surface area contributed by atoms with E-state index < -0.39 is 23.4 Å². The van der Waals surface area contributed by atoms with Crippen LogP contribution in [0.1, 0.15) is 12.1 Å². The summed E-state index contributed by atoms with van der Waals surface area (Å²) >= 11 is 0. The molecule has 3 rings (SSSR count). The average Bonchev–Trinajstić information content (AvgIpc) is 2.55. The van der Waals surface area contributed by atoms with E-state index in [-0.39, 0.29) is 6.42 Å². The number of H-pyrrole nitrogens is 1. The molecule has 0 bridgehead atoms. The first-order valence-corrected chi connectivity index (χ1v) is 7.32. The highest BCUT2D eigenvalue weighted by Crippen LogP contribution is 2.37. The van der Waals surface area contributed by atoms with Gasteiger partial charge in [-0.15, -0.1) is 0 Å². The number of aromatic amines is 1. The lowest BCUT2D eigenvalue weighted by Crippen LogP contribution is -2.47. The highest BCUT2D eigenvalue weighted by molar-refractivity contribution is 5.74. The molecule has 1 atom stereocenters. The molecule has 23 heavy (non-hydrogen) atoms. The van der Waals surface area contributed by atoms with E-state index in [1.54, 1.807) is 11.0 Å². The lowest BCUT2D eigenvalue weighted by Gasteiger charge is -2.37. The Morgan fingerprint density at radius 1 is 1.26 bits per heavy atom. The van der Waals surface area contributed by atoms with Crippen molar-refractivity contribution in [3.63, 3.8) is 0 Å². The maximum absolute atomic E-state index is 13.5. The van der Waals surface area contributed by atoms with E-state index in [0.29, 0.717) is 37.6 Å². The lowest BCUT2D eigenvalue weighted by molar-refractivity contribution is -0.105. The molecule has 8 heteroatoms. The van der Waals surface area contributed by atoms with Crippen molar-refractivity contribution in [3.05, 3.63) is 45.9 Å². The number of hydrogen-bond acceptors (Lipinski definition) is 4. The molecule has 0 spiro atoms. The zero-order valence-electron chi connectivity index (χ0n) is 12.3. The van der Waals surface area contributed by atoms with Crippen LogP contribution in [0.4, 0.5) is 13.2 Å². The van der Waals surface area contributed by atoms with Gasteiger partial charge in [0.25, 0.3) is 5.56 Å². The molecular weight excluding hydrogens is 311 g/mol. The SMILES string of the molecule is O=c1ccc(C2=CCC(N3CCOCC3)C(C(F)(F)F)=C2)n[nH]1. The van der Waals surface area contributed by atoms with Gasteiger partial charge < -0.3 is 4.74 Å². The fourth-order valence-electron chi connectivity index (χ4n) is 2.88. The smallest absolute Gasteiger partial charge is 0.379 e. The third kappa shape index (κ3) is 3.53. The lowest BCUT2D eigenvalue weighted by atomic mass is 9.91. The molecule has 1 aromatic heterocycles. The van der Waals surface area contributed by atoms with E-state index >= 15 is 0 Å². The molecule has 5 nitrogen and oxygen atoms in total. The second-order valence-corrected chi connectivity index (χ2v) is 5.46. The number of allylic oxidation sites excluding steroid dienone is 2. The van der Waals surface area contributed by atoms with Crippen LogP contribution in [0.15, 0.2) is 34.7 Å². The third-order valence-corrected chi connectivity index (χ3v) is 4.02. The Morgan fingerprint density at radius 3 is 2.61 bits per heavy atom. The van der Waals surface area contributed by atoms with Gasteiger partial charge in [-0.05, 0) is 24.1 Å². The van der Waals surface area contributed by atoms with Crippen molar-refractivity contribution < 1.29 is 17.9 Å². The van der Waals surface area contributed by atoms with Crippen molar-refractivity contribution in [3.8, 4) is 0 Å². The van der Waals surface area contributed by atoms with Gasteiger partial charge in [-0.25, -0.2) is 5.10 Å². The van der Waals surface area contributed by atoms with E-state index in [1.165, 1.54) is 12.1 Å². The summed E-state index contributed by atoms with van der Waals surface area (Å²) in [6, 6.07) is 1.97. The van der Waals surface area contributed by atoms with Crippen LogP contribution in [-0.2, 0) is 4.74 Å². The number of ether oxygens (including phenoxy) is 1. The van der Waals surface area contributed by atoms with Gasteiger partial charge in [-0.2, -0.15) is 18.3 Å². The normalized spacial score (nSPS) is 23.3. The number of nitrogens with one attached hydrogen (secondary N) is 1. The Hall–Kier alpha value is -1.93. The quantitative estimate of drug-likeness (QED) is 0.899. The van der Waals surface area contributed by atoms with E-state index in [0.717, 1.165) is 6.08 Å². The van der Waals surface area contributed by atoms with Gasteiger partial charge in [-0.1, -0.05) is 6.08 Å². The number of halogens is 3. The molecule has 1 fully saturated rings. The van der Waals surface area contributed by atoms with Crippen molar-refractivity contribution in [2.24, 2.45) is 0 Å². The summed E-state index contributed by atoms with van der Waals surface area (Å²) in [4.78, 5) is 12.8. The van der Waals surface area contributed by atoms with Gasteiger partial charge in [-0.3, -0.25) is 9.69 Å². The second-order valence-electron chi connectivity index (χ2n) is 5.46. The maximum Gasteiger partial charge on any atom is 0.414 e. The van der Waals surface area contributed by atoms with Crippen molar-refractivity contribution in [2.45, 2.75) is 18.6 Å². The number of morpholine rings is 1. The van der Waals surface area contributed by atoms with E-state index in [2.05, 4.69) is 10.2 Å². The molecule has 1 saturated heterocycles. The van der Waals surface area contributed by atoms with Crippen LogP contribution in [0.5, 0.6) is 0 Å². The highest BCUT2D eigenvalue weighted by atomic mass is 19.4. The number of alkyl halides is 3. The van der Waals surface area contributed by atoms with Gasteiger partial charge >= 0.3 is 6.18 Å². The molecule has 0 aromatic carbocycles. The molecular formula is C15H16F3N3O2. The predicted molar refractivity (Wildman–Crippen MR) is 77.8 cm³/mol. The molecule has 2 heterocycles. The van der Waals surface area contributed by atoms with Gasteiger partial charge in [0.05, 0.1) is 24.5 Å². The molecule has 1 unspecified atom stereocenters. The Morgan fingerprint density at radius 2 is 2.00 bits per heavy atom. The third-order valence-electron chi connectivity index (χ3n) is 4.02. The van der Waals surface area contributed by atoms with Crippen LogP contribution in [0.25, 0.3) is 5.57 Å². The highest BCUT2D eigenvalue weighted by Gasteiger charge is 2.42. The minimum Gasteiger partial charge on any atom is -0.379 e. The van der Waals surface area contributed by atoms with Crippen LogP contribution >= 0.6 is 0 Å². The first-order valence-electron chi connectivity index (χ1n) is 7.32. The number of rotatable bonds is 2. The number of aromatic nitrogens is 2. The van der Waals surface area contributed by atoms with Crippen LogP contribution in [0.3, 0.4) is 0 Å². The Bertz CT molecular complexity index is 667. The van der Waals surface area contributed by atoms with Crippen LogP contribution < -0.4 is 5.56 Å². The van der Waals surface area contributed by atoms with Crippen molar-refractivity contribution in [1.82, 2.24) is 15.1 Å². The van der Waals surface area contributed by atoms with E-state index in [4.69, 9.17) is 4.74 Å². The Labute approximate surface area is 130 Å². The number of hydrogen-bond donors (Lipinski definition) is 1. The molecule has 0 saturated carbocycles. The van der Waals surface area contributed by atoms with Crippen LogP contribution in [-0.4, -0.2) is 53.6 Å². The molecule has 1 aliphatic heterocycles. The summed E-state index contributed by atoms with van der Waals surface area (Å²) in [5.41, 5.74) is -0.272. The van der Waals surface area contributed by atoms with Crippen molar-refractivity contribution >= 4 is 5.57 Å². The zero-order chi connectivity index (χ0) is 16.4. The van der Waals surface area contributed by atoms with Gasteiger partial charge in [0.2, 0.25) is 0 Å². The largest absolute Gasteiger partial charge is 0.414 e. The van der Waals surface area contributed by atoms with Crippen molar-refractivity contribution in [2.75, 3.05) is 26.3 Å². The fraction of sp³-hybridized carbons (Fsp3) is 0.467.